The summed E-state index contributed by atoms with van der Waals surface area (Å²) >= 11 is 7.39. The van der Waals surface area contributed by atoms with Crippen molar-refractivity contribution >= 4 is 40.6 Å². The van der Waals surface area contributed by atoms with E-state index in [0.29, 0.717) is 24.5 Å². The number of ether oxygens (including phenoxy) is 1. The van der Waals surface area contributed by atoms with E-state index < -0.39 is 6.09 Å². The predicted octanol–water partition coefficient (Wildman–Crippen LogP) is 3.09. The van der Waals surface area contributed by atoms with Crippen molar-refractivity contribution in [3.05, 3.63) is 51.7 Å². The summed E-state index contributed by atoms with van der Waals surface area (Å²) in [6.07, 6.45) is -0.422. The Morgan fingerprint density at radius 2 is 2.13 bits per heavy atom. The lowest BCUT2D eigenvalue weighted by molar-refractivity contribution is -0.120. The molecule has 1 fully saturated rings. The molecule has 120 valence electrons. The summed E-state index contributed by atoms with van der Waals surface area (Å²) < 4.78 is 5.29. The normalized spacial score (nSPS) is 17.2. The third kappa shape index (κ3) is 4.03. The lowest BCUT2D eigenvalue weighted by Crippen LogP contribution is -2.35. The standard InChI is InChI=1S/C16H15ClN2O3S/c17-11-3-5-12(6-4-11)19-10-13(22-16(19)21)9-18-15(20)8-14-2-1-7-23-14/h1-7,13H,8-10H2,(H,18,20). The van der Waals surface area contributed by atoms with Crippen LogP contribution in [0.25, 0.3) is 0 Å². The number of nitrogens with one attached hydrogen (secondary N) is 1. The van der Waals surface area contributed by atoms with E-state index >= 15 is 0 Å². The monoisotopic (exact) mass is 350 g/mol. The van der Waals surface area contributed by atoms with Crippen LogP contribution < -0.4 is 10.2 Å². The molecule has 1 aliphatic heterocycles. The number of rotatable bonds is 5. The first kappa shape index (κ1) is 15.8. The van der Waals surface area contributed by atoms with Gasteiger partial charge in [0, 0.05) is 15.6 Å². The Morgan fingerprint density at radius 3 is 2.83 bits per heavy atom. The van der Waals surface area contributed by atoms with Crippen molar-refractivity contribution in [3.8, 4) is 0 Å². The number of hydrogen-bond donors (Lipinski definition) is 1. The minimum atomic E-state index is -0.412. The van der Waals surface area contributed by atoms with Crippen LogP contribution in [0.5, 0.6) is 0 Å². The van der Waals surface area contributed by atoms with Gasteiger partial charge >= 0.3 is 6.09 Å². The minimum absolute atomic E-state index is 0.0755. The second-order valence-corrected chi connectivity index (χ2v) is 6.62. The van der Waals surface area contributed by atoms with Crippen LogP contribution in [-0.4, -0.2) is 31.2 Å². The number of hydrogen-bond acceptors (Lipinski definition) is 4. The van der Waals surface area contributed by atoms with Crippen LogP contribution in [-0.2, 0) is 16.0 Å². The van der Waals surface area contributed by atoms with Gasteiger partial charge in [-0.3, -0.25) is 9.69 Å². The fourth-order valence-corrected chi connectivity index (χ4v) is 3.15. The van der Waals surface area contributed by atoms with Gasteiger partial charge in [-0.25, -0.2) is 4.79 Å². The molecule has 1 aliphatic rings. The van der Waals surface area contributed by atoms with Crippen LogP contribution in [0.2, 0.25) is 5.02 Å². The molecular formula is C16H15ClN2O3S. The first-order valence-corrected chi connectivity index (χ1v) is 8.40. The highest BCUT2D eigenvalue weighted by Crippen LogP contribution is 2.23. The van der Waals surface area contributed by atoms with E-state index in [1.807, 2.05) is 17.5 Å². The summed E-state index contributed by atoms with van der Waals surface area (Å²) in [7, 11) is 0. The number of anilines is 1. The molecule has 23 heavy (non-hydrogen) atoms. The van der Waals surface area contributed by atoms with Gasteiger partial charge in [-0.2, -0.15) is 0 Å². The van der Waals surface area contributed by atoms with Crippen LogP contribution in [0.3, 0.4) is 0 Å². The molecule has 0 radical (unpaired) electrons. The zero-order valence-electron chi connectivity index (χ0n) is 12.2. The quantitative estimate of drug-likeness (QED) is 0.901. The number of halogens is 1. The first-order valence-electron chi connectivity index (χ1n) is 7.14. The maximum atomic E-state index is 11.9. The van der Waals surface area contributed by atoms with Crippen molar-refractivity contribution < 1.29 is 14.3 Å². The molecule has 1 saturated heterocycles. The number of benzene rings is 1. The van der Waals surface area contributed by atoms with Crippen LogP contribution in [0.15, 0.2) is 41.8 Å². The highest BCUT2D eigenvalue weighted by atomic mass is 35.5. The third-order valence-corrected chi connectivity index (χ3v) is 4.58. The largest absolute Gasteiger partial charge is 0.442 e. The van der Waals surface area contributed by atoms with E-state index in [4.69, 9.17) is 16.3 Å². The van der Waals surface area contributed by atoms with Crippen molar-refractivity contribution in [1.29, 1.82) is 0 Å². The molecule has 1 unspecified atom stereocenters. The van der Waals surface area contributed by atoms with Crippen LogP contribution in [0.4, 0.5) is 10.5 Å². The Labute approximate surface area is 142 Å². The second kappa shape index (κ2) is 7.02. The maximum absolute atomic E-state index is 11.9. The Morgan fingerprint density at radius 1 is 1.35 bits per heavy atom. The summed E-state index contributed by atoms with van der Waals surface area (Å²) in [4.78, 5) is 26.3. The highest BCUT2D eigenvalue weighted by molar-refractivity contribution is 7.10. The van der Waals surface area contributed by atoms with E-state index in [1.165, 1.54) is 4.90 Å². The molecule has 1 N–H and O–H groups in total. The molecule has 2 aromatic rings. The van der Waals surface area contributed by atoms with Crippen LogP contribution in [0.1, 0.15) is 4.88 Å². The minimum Gasteiger partial charge on any atom is -0.442 e. The number of thiophene rings is 1. The van der Waals surface area contributed by atoms with Crippen molar-refractivity contribution in [1.82, 2.24) is 5.32 Å². The molecule has 5 nitrogen and oxygen atoms in total. The fraction of sp³-hybridized carbons (Fsp3) is 0.250. The molecular weight excluding hydrogens is 336 g/mol. The molecule has 1 aromatic heterocycles. The molecule has 0 spiro atoms. The number of nitrogens with zero attached hydrogens (tertiary/aromatic N) is 1. The number of carbonyl (C=O) groups is 2. The molecule has 2 amide bonds. The van der Waals surface area contributed by atoms with E-state index in [9.17, 15) is 9.59 Å². The SMILES string of the molecule is O=C(Cc1cccs1)NCC1CN(c2ccc(Cl)cc2)C(=O)O1. The van der Waals surface area contributed by atoms with Crippen molar-refractivity contribution in [2.45, 2.75) is 12.5 Å². The van der Waals surface area contributed by atoms with E-state index in [2.05, 4.69) is 5.32 Å². The fourth-order valence-electron chi connectivity index (χ4n) is 2.32. The zero-order valence-corrected chi connectivity index (χ0v) is 13.8. The molecule has 1 atom stereocenters. The molecule has 3 rings (SSSR count). The number of cyclic esters (lactones) is 1. The zero-order chi connectivity index (χ0) is 16.2. The lowest BCUT2D eigenvalue weighted by Gasteiger charge is -2.13. The molecule has 7 heteroatoms. The van der Waals surface area contributed by atoms with Gasteiger partial charge in [-0.05, 0) is 35.7 Å². The van der Waals surface area contributed by atoms with Gasteiger partial charge in [0.05, 0.1) is 19.5 Å². The van der Waals surface area contributed by atoms with Crippen molar-refractivity contribution in [2.75, 3.05) is 18.0 Å². The second-order valence-electron chi connectivity index (χ2n) is 5.15. The van der Waals surface area contributed by atoms with Gasteiger partial charge in [0.1, 0.15) is 6.10 Å². The van der Waals surface area contributed by atoms with Gasteiger partial charge in [0.25, 0.3) is 0 Å². The maximum Gasteiger partial charge on any atom is 0.414 e. The summed E-state index contributed by atoms with van der Waals surface area (Å²) in [6, 6.07) is 10.8. The Hall–Kier alpha value is -2.05. The Bertz CT molecular complexity index is 688. The smallest absolute Gasteiger partial charge is 0.414 e. The van der Waals surface area contributed by atoms with E-state index in [-0.39, 0.29) is 12.0 Å². The number of carbonyl (C=O) groups excluding carboxylic acids is 2. The van der Waals surface area contributed by atoms with Gasteiger partial charge in [0.2, 0.25) is 5.91 Å². The molecule has 0 saturated carbocycles. The van der Waals surface area contributed by atoms with Gasteiger partial charge < -0.3 is 10.1 Å². The number of amides is 2. The van der Waals surface area contributed by atoms with Gasteiger partial charge in [-0.15, -0.1) is 11.3 Å². The van der Waals surface area contributed by atoms with E-state index in [1.54, 1.807) is 35.6 Å². The highest BCUT2D eigenvalue weighted by Gasteiger charge is 2.32. The van der Waals surface area contributed by atoms with Gasteiger partial charge in [0.15, 0.2) is 0 Å². The topological polar surface area (TPSA) is 58.6 Å². The molecule has 0 bridgehead atoms. The average Bonchev–Trinajstić information content (AvgIpc) is 3.16. The Kier molecular flexibility index (Phi) is 4.83. The average molecular weight is 351 g/mol. The summed E-state index contributed by atoms with van der Waals surface area (Å²) in [5.41, 5.74) is 0.729. The first-order chi connectivity index (χ1) is 11.1. The molecule has 2 heterocycles. The Balaban J connectivity index is 1.51. The molecule has 1 aromatic carbocycles. The predicted molar refractivity (Wildman–Crippen MR) is 90.1 cm³/mol. The summed E-state index contributed by atoms with van der Waals surface area (Å²) in [6.45, 7) is 0.708. The van der Waals surface area contributed by atoms with Gasteiger partial charge in [-0.1, -0.05) is 17.7 Å². The summed E-state index contributed by atoms with van der Waals surface area (Å²) in [5.74, 6) is -0.0755. The summed E-state index contributed by atoms with van der Waals surface area (Å²) in [5, 5.41) is 5.35. The molecule has 0 aliphatic carbocycles. The van der Waals surface area contributed by atoms with E-state index in [0.717, 1.165) is 10.6 Å². The van der Waals surface area contributed by atoms with Crippen molar-refractivity contribution in [3.63, 3.8) is 0 Å². The van der Waals surface area contributed by atoms with Crippen LogP contribution in [0, 0.1) is 0 Å². The van der Waals surface area contributed by atoms with Crippen LogP contribution >= 0.6 is 22.9 Å². The lowest BCUT2D eigenvalue weighted by atomic mass is 10.2. The third-order valence-electron chi connectivity index (χ3n) is 3.45. The van der Waals surface area contributed by atoms with Crippen molar-refractivity contribution in [2.24, 2.45) is 0 Å².